The summed E-state index contributed by atoms with van der Waals surface area (Å²) in [7, 11) is -3.65. The Balaban J connectivity index is 2.13. The number of nitrogens with zero attached hydrogens (tertiary/aromatic N) is 1. The van der Waals surface area contributed by atoms with E-state index in [1.807, 2.05) is 6.92 Å². The molecule has 2 aromatic carbocycles. The highest BCUT2D eigenvalue weighted by atomic mass is 35.5. The Morgan fingerprint density at radius 3 is 2.26 bits per heavy atom. The number of hydrogen-bond donors (Lipinski definition) is 2. The third-order valence-electron chi connectivity index (χ3n) is 4.12. The van der Waals surface area contributed by atoms with Gasteiger partial charge in [0.2, 0.25) is 15.9 Å². The van der Waals surface area contributed by atoms with Crippen LogP contribution >= 0.6 is 23.2 Å². The molecule has 2 aromatic rings. The first-order chi connectivity index (χ1) is 14.5. The second-order valence-corrected chi connectivity index (χ2v) is 9.76. The first kappa shape index (κ1) is 25.1. The van der Waals surface area contributed by atoms with E-state index in [2.05, 4.69) is 10.0 Å². The first-order valence-electron chi connectivity index (χ1n) is 9.70. The minimum absolute atomic E-state index is 0.0647. The van der Waals surface area contributed by atoms with Crippen LogP contribution in [0.5, 0.6) is 0 Å². The zero-order valence-corrected chi connectivity index (χ0v) is 19.8. The van der Waals surface area contributed by atoms with Crippen LogP contribution in [0.4, 0.5) is 5.69 Å². The number of hydrogen-bond acceptors (Lipinski definition) is 4. The van der Waals surface area contributed by atoms with E-state index in [4.69, 9.17) is 23.2 Å². The van der Waals surface area contributed by atoms with Crippen molar-refractivity contribution < 1.29 is 18.0 Å². The van der Waals surface area contributed by atoms with Crippen molar-refractivity contribution in [1.82, 2.24) is 9.62 Å². The second kappa shape index (κ2) is 10.9. The zero-order chi connectivity index (χ0) is 23.2. The molecule has 0 aliphatic carbocycles. The lowest BCUT2D eigenvalue weighted by molar-refractivity contribution is -0.116. The molecule has 10 heteroatoms. The minimum Gasteiger partial charge on any atom is -0.329 e. The van der Waals surface area contributed by atoms with E-state index in [0.29, 0.717) is 28.7 Å². The smallest absolute Gasteiger partial charge is 0.254 e. The van der Waals surface area contributed by atoms with E-state index >= 15 is 0 Å². The predicted molar refractivity (Wildman–Crippen MR) is 123 cm³/mol. The Morgan fingerprint density at radius 1 is 1.06 bits per heavy atom. The Kier molecular flexibility index (Phi) is 8.88. The van der Waals surface area contributed by atoms with Crippen LogP contribution in [0.3, 0.4) is 0 Å². The van der Waals surface area contributed by atoms with Gasteiger partial charge in [0.05, 0.1) is 15.6 Å². The van der Waals surface area contributed by atoms with Crippen LogP contribution in [-0.2, 0) is 14.8 Å². The number of carbonyl (C=O) groups excluding carboxylic acids is 2. The second-order valence-electron chi connectivity index (χ2n) is 7.20. The monoisotopic (exact) mass is 485 g/mol. The molecule has 2 N–H and O–H groups in total. The molecule has 0 atom stereocenters. The maximum Gasteiger partial charge on any atom is 0.254 e. The molecule has 0 saturated carbocycles. The van der Waals surface area contributed by atoms with Gasteiger partial charge >= 0.3 is 0 Å². The van der Waals surface area contributed by atoms with Crippen LogP contribution in [-0.4, -0.2) is 44.3 Å². The van der Waals surface area contributed by atoms with Crippen LogP contribution in [0.1, 0.15) is 37.6 Å². The molecule has 0 fully saturated rings. The van der Waals surface area contributed by atoms with Gasteiger partial charge < -0.3 is 10.2 Å². The third-order valence-corrected chi connectivity index (χ3v) is 6.35. The van der Waals surface area contributed by atoms with Gasteiger partial charge in [-0.1, -0.05) is 30.1 Å². The Bertz CT molecular complexity index is 1040. The van der Waals surface area contributed by atoms with Crippen LogP contribution in [0.15, 0.2) is 47.4 Å². The number of anilines is 1. The normalized spacial score (nSPS) is 11.4. The number of rotatable bonds is 9. The standard InChI is InChI=1S/C21H25Cl2N3O4S/c1-4-11-26(13-20(27)24-19-10-7-16(22)12-18(19)23)21(28)15-5-8-17(9-6-15)31(29,30)25-14(2)3/h5-10,12,14,25H,4,11,13H2,1-3H3,(H,24,27). The summed E-state index contributed by atoms with van der Waals surface area (Å²) in [6.07, 6.45) is 0.644. The van der Waals surface area contributed by atoms with Crippen LogP contribution in [0, 0.1) is 0 Å². The van der Waals surface area contributed by atoms with Gasteiger partial charge in [-0.3, -0.25) is 9.59 Å². The van der Waals surface area contributed by atoms with Crippen molar-refractivity contribution in [3.63, 3.8) is 0 Å². The van der Waals surface area contributed by atoms with Gasteiger partial charge in [0.25, 0.3) is 5.91 Å². The van der Waals surface area contributed by atoms with Gasteiger partial charge in [0, 0.05) is 23.2 Å². The fourth-order valence-corrected chi connectivity index (χ4v) is 4.52. The Morgan fingerprint density at radius 2 is 1.71 bits per heavy atom. The average molecular weight is 486 g/mol. The molecule has 0 unspecified atom stereocenters. The quantitative estimate of drug-likeness (QED) is 0.556. The summed E-state index contributed by atoms with van der Waals surface area (Å²) in [5.41, 5.74) is 0.682. The van der Waals surface area contributed by atoms with Gasteiger partial charge in [-0.25, -0.2) is 13.1 Å². The van der Waals surface area contributed by atoms with E-state index in [-0.39, 0.29) is 29.0 Å². The largest absolute Gasteiger partial charge is 0.329 e. The lowest BCUT2D eigenvalue weighted by Gasteiger charge is -2.22. The van der Waals surface area contributed by atoms with E-state index in [9.17, 15) is 18.0 Å². The molecule has 0 radical (unpaired) electrons. The van der Waals surface area contributed by atoms with Gasteiger partial charge in [0.1, 0.15) is 6.54 Å². The van der Waals surface area contributed by atoms with Crippen LogP contribution in [0.2, 0.25) is 10.0 Å². The predicted octanol–water partition coefficient (Wildman–Crippen LogP) is 4.17. The molecule has 31 heavy (non-hydrogen) atoms. The van der Waals surface area contributed by atoms with E-state index in [1.165, 1.54) is 35.2 Å². The first-order valence-corrected chi connectivity index (χ1v) is 11.9. The molecule has 0 aliphatic rings. The summed E-state index contributed by atoms with van der Waals surface area (Å²) in [4.78, 5) is 26.8. The van der Waals surface area contributed by atoms with Crippen LogP contribution in [0.25, 0.3) is 0 Å². The Labute approximate surface area is 192 Å². The summed E-state index contributed by atoms with van der Waals surface area (Å²) >= 11 is 11.9. The summed E-state index contributed by atoms with van der Waals surface area (Å²) in [5, 5.41) is 3.41. The van der Waals surface area contributed by atoms with E-state index in [0.717, 1.165) is 0 Å². The lowest BCUT2D eigenvalue weighted by Crippen LogP contribution is -2.38. The SMILES string of the molecule is CCCN(CC(=O)Nc1ccc(Cl)cc1Cl)C(=O)c1ccc(S(=O)(=O)NC(C)C)cc1. The van der Waals surface area contributed by atoms with Crippen molar-refractivity contribution in [2.45, 2.75) is 38.1 Å². The van der Waals surface area contributed by atoms with Crippen molar-refractivity contribution in [1.29, 1.82) is 0 Å². The maximum atomic E-state index is 12.9. The summed E-state index contributed by atoms with van der Waals surface area (Å²) in [5.74, 6) is -0.786. The lowest BCUT2D eigenvalue weighted by atomic mass is 10.2. The fraction of sp³-hybridized carbons (Fsp3) is 0.333. The number of nitrogens with one attached hydrogen (secondary N) is 2. The molecule has 0 spiro atoms. The molecule has 0 aliphatic heterocycles. The molecule has 2 amide bonds. The highest BCUT2D eigenvalue weighted by molar-refractivity contribution is 7.89. The van der Waals surface area contributed by atoms with Gasteiger partial charge in [-0.2, -0.15) is 0 Å². The van der Waals surface area contributed by atoms with Crippen molar-refractivity contribution in [2.24, 2.45) is 0 Å². The summed E-state index contributed by atoms with van der Waals surface area (Å²) < 4.78 is 27.0. The average Bonchev–Trinajstić information content (AvgIpc) is 2.68. The number of benzene rings is 2. The fourth-order valence-electron chi connectivity index (χ4n) is 2.81. The van der Waals surface area contributed by atoms with E-state index in [1.54, 1.807) is 26.0 Å². The minimum atomic E-state index is -3.65. The molecule has 0 aromatic heterocycles. The molecule has 0 bridgehead atoms. The van der Waals surface area contributed by atoms with Gasteiger partial charge in [-0.15, -0.1) is 0 Å². The molecule has 7 nitrogen and oxygen atoms in total. The summed E-state index contributed by atoms with van der Waals surface area (Å²) in [6.45, 7) is 5.51. The summed E-state index contributed by atoms with van der Waals surface area (Å²) in [6, 6.07) is 10.1. The van der Waals surface area contributed by atoms with E-state index < -0.39 is 15.9 Å². The molecular formula is C21H25Cl2N3O4S. The number of carbonyl (C=O) groups is 2. The van der Waals surface area contributed by atoms with Crippen molar-refractivity contribution >= 4 is 50.7 Å². The van der Waals surface area contributed by atoms with Gasteiger partial charge in [0.15, 0.2) is 0 Å². The van der Waals surface area contributed by atoms with Crippen molar-refractivity contribution in [2.75, 3.05) is 18.4 Å². The molecule has 0 heterocycles. The molecule has 2 rings (SSSR count). The molecule has 168 valence electrons. The topological polar surface area (TPSA) is 95.6 Å². The molecular weight excluding hydrogens is 461 g/mol. The van der Waals surface area contributed by atoms with Gasteiger partial charge in [-0.05, 0) is 62.7 Å². The third kappa shape index (κ3) is 7.21. The van der Waals surface area contributed by atoms with Crippen molar-refractivity contribution in [3.8, 4) is 0 Å². The number of halogens is 2. The zero-order valence-electron chi connectivity index (χ0n) is 17.5. The highest BCUT2D eigenvalue weighted by Gasteiger charge is 2.21. The van der Waals surface area contributed by atoms with Crippen LogP contribution < -0.4 is 10.0 Å². The molecule has 0 saturated heterocycles. The highest BCUT2D eigenvalue weighted by Crippen LogP contribution is 2.25. The Hall–Kier alpha value is -2.13. The number of amides is 2. The maximum absolute atomic E-state index is 12.9. The number of sulfonamides is 1. The van der Waals surface area contributed by atoms with Crippen molar-refractivity contribution in [3.05, 3.63) is 58.1 Å².